The average molecular weight is 318 g/mol. The molecule has 0 atom stereocenters. The van der Waals surface area contributed by atoms with Crippen molar-refractivity contribution in [2.75, 3.05) is 5.73 Å². The first-order valence-electron chi connectivity index (χ1n) is 5.83. The number of aromatic nitrogens is 4. The second-order valence-corrected chi connectivity index (χ2v) is 5.20. The number of hydrogen-bond acceptors (Lipinski definition) is 4. The van der Waals surface area contributed by atoms with Gasteiger partial charge in [-0.15, -0.1) is 0 Å². The quantitative estimate of drug-likeness (QED) is 0.788. The van der Waals surface area contributed by atoms with Gasteiger partial charge in [-0.3, -0.25) is 0 Å². The number of imidazole rings is 1. The number of nitrogens with two attached hydrogens (primary N) is 1. The van der Waals surface area contributed by atoms with E-state index in [2.05, 4.69) is 30.9 Å². The van der Waals surface area contributed by atoms with E-state index in [-0.39, 0.29) is 0 Å². The van der Waals surface area contributed by atoms with Crippen molar-refractivity contribution in [2.45, 2.75) is 13.5 Å². The Morgan fingerprint density at radius 1 is 1.26 bits per heavy atom. The van der Waals surface area contributed by atoms with E-state index in [9.17, 15) is 0 Å². The molecule has 2 aromatic heterocycles. The third kappa shape index (κ3) is 2.31. The molecule has 2 heterocycles. The van der Waals surface area contributed by atoms with E-state index in [1.807, 2.05) is 35.8 Å². The maximum absolute atomic E-state index is 5.98. The first kappa shape index (κ1) is 12.1. The normalized spacial score (nSPS) is 11.1. The molecule has 3 rings (SSSR count). The van der Waals surface area contributed by atoms with Crippen LogP contribution in [0.25, 0.3) is 11.0 Å². The van der Waals surface area contributed by atoms with Crippen LogP contribution in [-0.2, 0) is 6.54 Å². The van der Waals surface area contributed by atoms with Gasteiger partial charge in [0, 0.05) is 10.7 Å². The summed E-state index contributed by atoms with van der Waals surface area (Å²) in [6.07, 6.45) is 1.75. The highest BCUT2D eigenvalue weighted by Crippen LogP contribution is 2.22. The molecule has 19 heavy (non-hydrogen) atoms. The predicted octanol–water partition coefficient (Wildman–Crippen LogP) is 2.53. The Kier molecular flexibility index (Phi) is 2.94. The lowest BCUT2D eigenvalue weighted by Crippen LogP contribution is -2.06. The number of fused-ring (bicyclic) bond motifs is 1. The largest absolute Gasteiger partial charge is 0.369 e. The minimum Gasteiger partial charge on any atom is -0.369 e. The number of anilines is 1. The van der Waals surface area contributed by atoms with Crippen molar-refractivity contribution in [3.8, 4) is 0 Å². The lowest BCUT2D eigenvalue weighted by Gasteiger charge is -2.06. The fourth-order valence-corrected chi connectivity index (χ4v) is 2.38. The molecule has 0 fully saturated rings. The minimum absolute atomic E-state index is 0.490. The number of benzene rings is 1. The molecule has 0 radical (unpaired) electrons. The van der Waals surface area contributed by atoms with E-state index in [1.54, 1.807) is 6.20 Å². The van der Waals surface area contributed by atoms with Gasteiger partial charge in [0.15, 0.2) is 0 Å². The third-order valence-electron chi connectivity index (χ3n) is 2.89. The number of hydrogen-bond donors (Lipinski definition) is 1. The summed E-state index contributed by atoms with van der Waals surface area (Å²) in [5.41, 5.74) is 8.77. The Balaban J connectivity index is 2.09. The van der Waals surface area contributed by atoms with Crippen molar-refractivity contribution in [1.82, 2.24) is 19.5 Å². The molecule has 0 aliphatic heterocycles. The van der Waals surface area contributed by atoms with E-state index < -0.39 is 0 Å². The SMILES string of the molecule is Cc1nccc(Cn2c(N)nc3ccc(Br)cc32)n1. The monoisotopic (exact) mass is 317 g/mol. The summed E-state index contributed by atoms with van der Waals surface area (Å²) in [6, 6.07) is 7.79. The Hall–Kier alpha value is -1.95. The molecular weight excluding hydrogens is 306 g/mol. The third-order valence-corrected chi connectivity index (χ3v) is 3.39. The number of halogens is 1. The second-order valence-electron chi connectivity index (χ2n) is 4.28. The molecule has 1 aromatic carbocycles. The molecule has 96 valence electrons. The fraction of sp³-hybridized carbons (Fsp3) is 0.154. The van der Waals surface area contributed by atoms with E-state index in [0.29, 0.717) is 12.5 Å². The Morgan fingerprint density at radius 3 is 2.89 bits per heavy atom. The molecule has 0 bridgehead atoms. The van der Waals surface area contributed by atoms with Crippen LogP contribution in [-0.4, -0.2) is 19.5 Å². The van der Waals surface area contributed by atoms with Gasteiger partial charge in [0.25, 0.3) is 0 Å². The first-order chi connectivity index (χ1) is 9.13. The van der Waals surface area contributed by atoms with E-state index >= 15 is 0 Å². The summed E-state index contributed by atoms with van der Waals surface area (Å²) < 4.78 is 2.95. The zero-order chi connectivity index (χ0) is 13.4. The Labute approximate surface area is 118 Å². The smallest absolute Gasteiger partial charge is 0.201 e. The van der Waals surface area contributed by atoms with Crippen LogP contribution in [0.15, 0.2) is 34.9 Å². The molecular formula is C13H12BrN5. The van der Waals surface area contributed by atoms with Gasteiger partial charge < -0.3 is 10.3 Å². The predicted molar refractivity (Wildman–Crippen MR) is 77.7 cm³/mol. The van der Waals surface area contributed by atoms with Gasteiger partial charge in [0.1, 0.15) is 5.82 Å². The molecule has 0 aliphatic rings. The van der Waals surface area contributed by atoms with E-state index in [0.717, 1.165) is 27.0 Å². The standard InChI is InChI=1S/C13H12BrN5/c1-8-16-5-4-10(17-8)7-19-12-6-9(14)2-3-11(12)18-13(19)15/h2-6H,7H2,1H3,(H2,15,18). The zero-order valence-corrected chi connectivity index (χ0v) is 11.9. The molecule has 0 aliphatic carbocycles. The zero-order valence-electron chi connectivity index (χ0n) is 10.3. The van der Waals surface area contributed by atoms with Crippen LogP contribution in [0.3, 0.4) is 0 Å². The summed E-state index contributed by atoms with van der Waals surface area (Å²) >= 11 is 3.47. The average Bonchev–Trinajstić information content (AvgIpc) is 2.66. The van der Waals surface area contributed by atoms with Crippen LogP contribution in [0.2, 0.25) is 0 Å². The Bertz CT molecular complexity index is 750. The van der Waals surface area contributed by atoms with Crippen LogP contribution in [0.1, 0.15) is 11.5 Å². The van der Waals surface area contributed by atoms with Gasteiger partial charge in [0.2, 0.25) is 5.95 Å². The molecule has 2 N–H and O–H groups in total. The minimum atomic E-state index is 0.490. The maximum Gasteiger partial charge on any atom is 0.201 e. The molecule has 6 heteroatoms. The van der Waals surface area contributed by atoms with Crippen LogP contribution < -0.4 is 5.73 Å². The first-order valence-corrected chi connectivity index (χ1v) is 6.62. The van der Waals surface area contributed by atoms with Crippen molar-refractivity contribution in [2.24, 2.45) is 0 Å². The summed E-state index contributed by atoms with van der Waals surface area (Å²) in [6.45, 7) is 2.46. The van der Waals surface area contributed by atoms with Crippen molar-refractivity contribution >= 4 is 32.9 Å². The van der Waals surface area contributed by atoms with Gasteiger partial charge >= 0.3 is 0 Å². The highest BCUT2D eigenvalue weighted by Gasteiger charge is 2.09. The molecule has 5 nitrogen and oxygen atoms in total. The highest BCUT2D eigenvalue weighted by molar-refractivity contribution is 9.10. The van der Waals surface area contributed by atoms with Crippen LogP contribution in [0.5, 0.6) is 0 Å². The highest BCUT2D eigenvalue weighted by atomic mass is 79.9. The van der Waals surface area contributed by atoms with Crippen LogP contribution in [0, 0.1) is 6.92 Å². The summed E-state index contributed by atoms with van der Waals surface area (Å²) in [7, 11) is 0. The second kappa shape index (κ2) is 4.62. The van der Waals surface area contributed by atoms with Gasteiger partial charge in [-0.1, -0.05) is 15.9 Å². The molecule has 0 saturated heterocycles. The summed E-state index contributed by atoms with van der Waals surface area (Å²) in [4.78, 5) is 12.8. The van der Waals surface area contributed by atoms with Crippen molar-refractivity contribution < 1.29 is 0 Å². The number of aryl methyl sites for hydroxylation is 1. The Morgan fingerprint density at radius 2 is 2.11 bits per heavy atom. The van der Waals surface area contributed by atoms with Gasteiger partial charge in [-0.2, -0.15) is 0 Å². The van der Waals surface area contributed by atoms with Crippen molar-refractivity contribution in [1.29, 1.82) is 0 Å². The van der Waals surface area contributed by atoms with E-state index in [1.165, 1.54) is 0 Å². The molecule has 0 unspecified atom stereocenters. The van der Waals surface area contributed by atoms with Crippen LogP contribution in [0.4, 0.5) is 5.95 Å². The molecule has 3 aromatic rings. The summed E-state index contributed by atoms with van der Waals surface area (Å²) in [5.74, 6) is 1.24. The van der Waals surface area contributed by atoms with Gasteiger partial charge in [-0.25, -0.2) is 15.0 Å². The molecule has 0 spiro atoms. The van der Waals surface area contributed by atoms with E-state index in [4.69, 9.17) is 5.73 Å². The summed E-state index contributed by atoms with van der Waals surface area (Å²) in [5, 5.41) is 0. The van der Waals surface area contributed by atoms with Crippen LogP contribution >= 0.6 is 15.9 Å². The topological polar surface area (TPSA) is 69.6 Å². The van der Waals surface area contributed by atoms with Crippen molar-refractivity contribution in [3.63, 3.8) is 0 Å². The lowest BCUT2D eigenvalue weighted by molar-refractivity contribution is 0.794. The molecule has 0 amide bonds. The number of rotatable bonds is 2. The molecule has 0 saturated carbocycles. The number of nitrogen functional groups attached to an aromatic ring is 1. The number of nitrogens with zero attached hydrogens (tertiary/aromatic N) is 4. The van der Waals surface area contributed by atoms with Gasteiger partial charge in [0.05, 0.1) is 23.3 Å². The lowest BCUT2D eigenvalue weighted by atomic mass is 10.3. The van der Waals surface area contributed by atoms with Gasteiger partial charge in [-0.05, 0) is 31.2 Å². The maximum atomic E-state index is 5.98. The van der Waals surface area contributed by atoms with Crippen molar-refractivity contribution in [3.05, 3.63) is 46.5 Å². The fourth-order valence-electron chi connectivity index (χ4n) is 2.04.